The normalized spacial score (nSPS) is 11.0. The van der Waals surface area contributed by atoms with Gasteiger partial charge in [0.05, 0.1) is 11.4 Å². The molecule has 0 fully saturated rings. The molecule has 3 rings (SSSR count). The zero-order valence-corrected chi connectivity index (χ0v) is 11.9. The quantitative estimate of drug-likeness (QED) is 0.546. The fourth-order valence-corrected chi connectivity index (χ4v) is 2.77. The van der Waals surface area contributed by atoms with Crippen LogP contribution in [0.25, 0.3) is 17.3 Å². The highest BCUT2D eigenvalue weighted by Crippen LogP contribution is 2.22. The van der Waals surface area contributed by atoms with Crippen LogP contribution in [0.1, 0.15) is 15.5 Å². The van der Waals surface area contributed by atoms with Crippen LogP contribution in [0, 0.1) is 0 Å². The van der Waals surface area contributed by atoms with E-state index in [1.807, 2.05) is 35.7 Å². The number of ketones is 1. The van der Waals surface area contributed by atoms with E-state index in [9.17, 15) is 4.79 Å². The molecule has 0 aliphatic rings. The van der Waals surface area contributed by atoms with Crippen LogP contribution in [-0.4, -0.2) is 20.4 Å². The number of thiazole rings is 1. The number of allylic oxidation sites excluding steroid dienone is 1. The van der Waals surface area contributed by atoms with Gasteiger partial charge in [-0.15, -0.1) is 16.4 Å². The first-order valence-corrected chi connectivity index (χ1v) is 7.55. The average Bonchev–Trinajstić information content (AvgIpc) is 3.17. The van der Waals surface area contributed by atoms with E-state index >= 15 is 0 Å². The molecule has 0 atom stereocenters. The Morgan fingerprint density at radius 1 is 1.15 bits per heavy atom. The van der Waals surface area contributed by atoms with Crippen LogP contribution in [-0.2, 0) is 0 Å². The van der Waals surface area contributed by atoms with Crippen LogP contribution in [0.3, 0.4) is 0 Å². The number of benzene rings is 1. The van der Waals surface area contributed by atoms with Gasteiger partial charge >= 0.3 is 0 Å². The van der Waals surface area contributed by atoms with Gasteiger partial charge < -0.3 is 0 Å². The van der Waals surface area contributed by atoms with Gasteiger partial charge in [0.1, 0.15) is 0 Å². The number of hydrogen-bond acceptors (Lipinski definition) is 6. The molecule has 0 radical (unpaired) electrons. The second kappa shape index (κ2) is 5.85. The highest BCUT2D eigenvalue weighted by molar-refractivity contribution is 7.12. The van der Waals surface area contributed by atoms with E-state index in [2.05, 4.69) is 14.6 Å². The number of carbonyl (C=O) groups is 1. The molecule has 0 aliphatic carbocycles. The molecule has 0 saturated heterocycles. The SMILES string of the molecule is O=C(C=Cc1csnn1)c1nc(-c2ccccc2)cs1. The predicted molar refractivity (Wildman–Crippen MR) is 80.8 cm³/mol. The van der Waals surface area contributed by atoms with Gasteiger partial charge in [0.2, 0.25) is 5.78 Å². The van der Waals surface area contributed by atoms with Crippen LogP contribution >= 0.6 is 22.9 Å². The lowest BCUT2D eigenvalue weighted by molar-refractivity contribution is 0.104. The predicted octanol–water partition coefficient (Wildman–Crippen LogP) is 3.56. The summed E-state index contributed by atoms with van der Waals surface area (Å²) >= 11 is 2.60. The molecule has 6 heteroatoms. The van der Waals surface area contributed by atoms with E-state index < -0.39 is 0 Å². The lowest BCUT2D eigenvalue weighted by Gasteiger charge is -1.93. The molecule has 4 nitrogen and oxygen atoms in total. The van der Waals surface area contributed by atoms with Crippen molar-refractivity contribution >= 4 is 34.7 Å². The lowest BCUT2D eigenvalue weighted by atomic mass is 10.2. The van der Waals surface area contributed by atoms with Crippen molar-refractivity contribution in [2.75, 3.05) is 0 Å². The Labute approximate surface area is 123 Å². The van der Waals surface area contributed by atoms with Gasteiger partial charge in [-0.1, -0.05) is 34.8 Å². The molecule has 1 aromatic carbocycles. The van der Waals surface area contributed by atoms with E-state index in [4.69, 9.17) is 0 Å². The van der Waals surface area contributed by atoms with Crippen LogP contribution in [0.2, 0.25) is 0 Å². The zero-order valence-electron chi connectivity index (χ0n) is 10.3. The fraction of sp³-hybridized carbons (Fsp3) is 0. The third kappa shape index (κ3) is 2.87. The topological polar surface area (TPSA) is 55.7 Å². The Morgan fingerprint density at radius 2 is 2.00 bits per heavy atom. The molecule has 0 saturated carbocycles. The second-order valence-corrected chi connectivity index (χ2v) is 5.40. The van der Waals surface area contributed by atoms with Gasteiger partial charge in [-0.2, -0.15) is 0 Å². The maximum Gasteiger partial charge on any atom is 0.214 e. The summed E-state index contributed by atoms with van der Waals surface area (Å²) in [5.41, 5.74) is 2.52. The van der Waals surface area contributed by atoms with Crippen molar-refractivity contribution in [2.45, 2.75) is 0 Å². The van der Waals surface area contributed by atoms with Crippen molar-refractivity contribution in [3.63, 3.8) is 0 Å². The summed E-state index contributed by atoms with van der Waals surface area (Å²) < 4.78 is 3.73. The van der Waals surface area contributed by atoms with Gasteiger partial charge in [-0.25, -0.2) is 4.98 Å². The van der Waals surface area contributed by atoms with E-state index in [1.165, 1.54) is 28.9 Å². The fourth-order valence-electron chi connectivity index (χ4n) is 1.61. The molecule has 2 heterocycles. The van der Waals surface area contributed by atoms with Crippen molar-refractivity contribution < 1.29 is 4.79 Å². The average molecular weight is 299 g/mol. The third-order valence-electron chi connectivity index (χ3n) is 2.57. The molecular weight excluding hydrogens is 290 g/mol. The van der Waals surface area contributed by atoms with Gasteiger partial charge in [0.25, 0.3) is 0 Å². The van der Waals surface area contributed by atoms with Crippen molar-refractivity contribution in [3.05, 3.63) is 57.9 Å². The minimum absolute atomic E-state index is 0.120. The molecule has 0 N–H and O–H groups in total. The summed E-state index contributed by atoms with van der Waals surface area (Å²) in [5.74, 6) is -0.120. The number of rotatable bonds is 4. The Bertz CT molecular complexity index is 733. The molecule has 0 spiro atoms. The monoisotopic (exact) mass is 299 g/mol. The Hall–Kier alpha value is -2.18. The third-order valence-corrected chi connectivity index (χ3v) is 3.95. The number of nitrogens with zero attached hydrogens (tertiary/aromatic N) is 3. The summed E-state index contributed by atoms with van der Waals surface area (Å²) in [7, 11) is 0. The van der Waals surface area contributed by atoms with Gasteiger partial charge in [-0.3, -0.25) is 4.79 Å². The minimum Gasteiger partial charge on any atom is -0.287 e. The summed E-state index contributed by atoms with van der Waals surface area (Å²) in [6.45, 7) is 0. The number of hydrogen-bond donors (Lipinski definition) is 0. The highest BCUT2D eigenvalue weighted by atomic mass is 32.1. The van der Waals surface area contributed by atoms with E-state index in [-0.39, 0.29) is 5.78 Å². The van der Waals surface area contributed by atoms with Gasteiger partial charge in [0, 0.05) is 16.3 Å². The molecule has 0 aliphatic heterocycles. The Balaban J connectivity index is 1.78. The smallest absolute Gasteiger partial charge is 0.214 e. The molecule has 20 heavy (non-hydrogen) atoms. The molecule has 2 aromatic heterocycles. The molecular formula is C14H9N3OS2. The van der Waals surface area contributed by atoms with E-state index in [0.717, 1.165) is 11.3 Å². The van der Waals surface area contributed by atoms with Gasteiger partial charge in [-0.05, 0) is 23.7 Å². The van der Waals surface area contributed by atoms with Gasteiger partial charge in [0.15, 0.2) is 5.01 Å². The van der Waals surface area contributed by atoms with Crippen LogP contribution < -0.4 is 0 Å². The standard InChI is InChI=1S/C14H9N3OS2/c18-13(7-6-11-8-20-17-16-11)14-15-12(9-19-14)10-4-2-1-3-5-10/h1-9H. The Kier molecular flexibility index (Phi) is 3.76. The molecule has 0 unspecified atom stereocenters. The Morgan fingerprint density at radius 3 is 2.75 bits per heavy atom. The summed E-state index contributed by atoms with van der Waals surface area (Å²) in [4.78, 5) is 16.4. The first-order valence-electron chi connectivity index (χ1n) is 5.83. The molecule has 0 bridgehead atoms. The van der Waals surface area contributed by atoms with Crippen molar-refractivity contribution in [3.8, 4) is 11.3 Å². The van der Waals surface area contributed by atoms with Crippen molar-refractivity contribution in [1.82, 2.24) is 14.6 Å². The summed E-state index contributed by atoms with van der Waals surface area (Å²) in [6.07, 6.45) is 3.12. The first kappa shape index (κ1) is 12.8. The lowest BCUT2D eigenvalue weighted by Crippen LogP contribution is -1.93. The maximum absolute atomic E-state index is 12.0. The van der Waals surface area contributed by atoms with Crippen LogP contribution in [0.5, 0.6) is 0 Å². The van der Waals surface area contributed by atoms with E-state index in [1.54, 1.807) is 11.5 Å². The maximum atomic E-state index is 12.0. The minimum atomic E-state index is -0.120. The zero-order chi connectivity index (χ0) is 13.8. The largest absolute Gasteiger partial charge is 0.287 e. The molecule has 3 aromatic rings. The summed E-state index contributed by atoms with van der Waals surface area (Å²) in [6, 6.07) is 9.80. The van der Waals surface area contributed by atoms with Crippen LogP contribution in [0.15, 0.2) is 47.2 Å². The van der Waals surface area contributed by atoms with Crippen molar-refractivity contribution in [1.29, 1.82) is 0 Å². The molecule has 98 valence electrons. The van der Waals surface area contributed by atoms with E-state index in [0.29, 0.717) is 10.7 Å². The number of aromatic nitrogens is 3. The first-order chi connectivity index (χ1) is 9.83. The number of carbonyl (C=O) groups excluding carboxylic acids is 1. The molecule has 0 amide bonds. The second-order valence-electron chi connectivity index (χ2n) is 3.93. The summed E-state index contributed by atoms with van der Waals surface area (Å²) in [5, 5.41) is 7.99. The highest BCUT2D eigenvalue weighted by Gasteiger charge is 2.09. The van der Waals surface area contributed by atoms with Crippen molar-refractivity contribution in [2.24, 2.45) is 0 Å². The van der Waals surface area contributed by atoms with Crippen LogP contribution in [0.4, 0.5) is 0 Å².